The minimum absolute atomic E-state index is 0.174. The van der Waals surface area contributed by atoms with Crippen LogP contribution in [0.3, 0.4) is 0 Å². The van der Waals surface area contributed by atoms with Crippen molar-refractivity contribution >= 4 is 29.1 Å². The van der Waals surface area contributed by atoms with Gasteiger partial charge in [0.1, 0.15) is 11.6 Å². The van der Waals surface area contributed by atoms with E-state index < -0.39 is 18.3 Å². The molecule has 1 aliphatic rings. The predicted octanol–water partition coefficient (Wildman–Crippen LogP) is 2.77. The molecule has 9 heteroatoms. The zero-order valence-corrected chi connectivity index (χ0v) is 12.0. The fourth-order valence-electron chi connectivity index (χ4n) is 1.91. The van der Waals surface area contributed by atoms with Gasteiger partial charge in [-0.2, -0.15) is 30.0 Å². The summed E-state index contributed by atoms with van der Waals surface area (Å²) >= 11 is 7.68. The van der Waals surface area contributed by atoms with Gasteiger partial charge >= 0.3 is 6.18 Å². The number of nitrogens with one attached hydrogen (secondary N) is 1. The van der Waals surface area contributed by atoms with E-state index in [-0.39, 0.29) is 11.1 Å². The van der Waals surface area contributed by atoms with Gasteiger partial charge in [-0.3, -0.25) is 4.79 Å². The molecule has 0 atom stereocenters. The number of nitrogens with zero attached hydrogens (tertiary/aromatic N) is 2. The number of alkyl halides is 3. The van der Waals surface area contributed by atoms with E-state index in [2.05, 4.69) is 10.4 Å². The van der Waals surface area contributed by atoms with E-state index in [1.54, 1.807) is 0 Å². The van der Waals surface area contributed by atoms with Gasteiger partial charge in [0.05, 0.1) is 11.9 Å². The summed E-state index contributed by atoms with van der Waals surface area (Å²) in [6, 6.07) is 0.174. The van der Waals surface area contributed by atoms with Crippen molar-refractivity contribution in [3.05, 3.63) is 21.6 Å². The summed E-state index contributed by atoms with van der Waals surface area (Å²) in [4.78, 5) is 11.7. The quantitative estimate of drug-likeness (QED) is 0.927. The number of aromatic nitrogens is 2. The number of hydrogen-bond donors (Lipinski definition) is 1. The van der Waals surface area contributed by atoms with Gasteiger partial charge in [-0.1, -0.05) is 11.6 Å². The molecule has 2 heterocycles. The van der Waals surface area contributed by atoms with Crippen LogP contribution >= 0.6 is 23.4 Å². The first-order valence-corrected chi connectivity index (χ1v) is 7.57. The maximum absolute atomic E-state index is 12.3. The van der Waals surface area contributed by atoms with E-state index >= 15 is 0 Å². The predicted molar refractivity (Wildman–Crippen MR) is 73.5 cm³/mol. The Bertz CT molecular complexity index is 529. The van der Waals surface area contributed by atoms with Crippen molar-refractivity contribution in [1.82, 2.24) is 9.78 Å². The molecule has 0 bridgehead atoms. The largest absolute Gasteiger partial charge is 0.408 e. The van der Waals surface area contributed by atoms with Crippen LogP contribution in [0.25, 0.3) is 0 Å². The van der Waals surface area contributed by atoms with Gasteiger partial charge in [-0.05, 0) is 24.3 Å². The molecule has 0 saturated carbocycles. The molecule has 1 aromatic rings. The molecule has 0 radical (unpaired) electrons. The third kappa shape index (κ3) is 4.05. The molecule has 0 aliphatic carbocycles. The first kappa shape index (κ1) is 15.5. The lowest BCUT2D eigenvalue weighted by atomic mass is 10.1. The fraction of sp³-hybridized carbons (Fsp3) is 0.636. The lowest BCUT2D eigenvalue weighted by molar-refractivity contribution is -0.143. The molecule has 2 rings (SSSR count). The topological polar surface area (TPSA) is 46.9 Å². The lowest BCUT2D eigenvalue weighted by Gasteiger charge is -2.24. The Morgan fingerprint density at radius 3 is 2.70 bits per heavy atom. The number of anilines is 1. The van der Waals surface area contributed by atoms with Crippen molar-refractivity contribution in [3.63, 3.8) is 0 Å². The van der Waals surface area contributed by atoms with Crippen LogP contribution in [0.15, 0.2) is 11.0 Å². The molecule has 0 amide bonds. The van der Waals surface area contributed by atoms with Gasteiger partial charge in [0, 0.05) is 6.04 Å². The summed E-state index contributed by atoms with van der Waals surface area (Å²) in [7, 11) is 0. The summed E-state index contributed by atoms with van der Waals surface area (Å²) in [6.45, 7) is -1.44. The molecular weight excluding hydrogens is 315 g/mol. The molecule has 0 unspecified atom stereocenters. The van der Waals surface area contributed by atoms with Gasteiger partial charge < -0.3 is 5.32 Å². The molecule has 112 valence electrons. The molecular formula is C11H13ClF3N3OS. The van der Waals surface area contributed by atoms with Crippen molar-refractivity contribution in [3.8, 4) is 0 Å². The van der Waals surface area contributed by atoms with Crippen LogP contribution < -0.4 is 10.9 Å². The van der Waals surface area contributed by atoms with E-state index in [4.69, 9.17) is 11.6 Å². The summed E-state index contributed by atoms with van der Waals surface area (Å²) < 4.78 is 37.1. The Morgan fingerprint density at radius 1 is 1.45 bits per heavy atom. The molecule has 4 nitrogen and oxygen atoms in total. The fourth-order valence-corrected chi connectivity index (χ4v) is 3.22. The monoisotopic (exact) mass is 327 g/mol. The Hall–Kier alpha value is -0.890. The third-order valence-electron chi connectivity index (χ3n) is 2.89. The normalized spacial score (nSPS) is 17.2. The van der Waals surface area contributed by atoms with Crippen LogP contribution in [0.1, 0.15) is 12.8 Å². The number of hydrogen-bond acceptors (Lipinski definition) is 4. The molecule has 0 aromatic carbocycles. The Morgan fingerprint density at radius 2 is 2.10 bits per heavy atom. The van der Waals surface area contributed by atoms with Crippen molar-refractivity contribution < 1.29 is 13.2 Å². The zero-order valence-electron chi connectivity index (χ0n) is 10.4. The zero-order chi connectivity index (χ0) is 14.8. The van der Waals surface area contributed by atoms with Gasteiger partial charge in [-0.25, -0.2) is 4.68 Å². The number of rotatable bonds is 3. The lowest BCUT2D eigenvalue weighted by Crippen LogP contribution is -2.32. The van der Waals surface area contributed by atoms with E-state index in [0.717, 1.165) is 24.3 Å². The SMILES string of the molecule is O=c1c(Cl)c(NC2CCSCC2)cnn1CC(F)(F)F. The molecule has 20 heavy (non-hydrogen) atoms. The average Bonchev–Trinajstić information content (AvgIpc) is 2.38. The minimum Gasteiger partial charge on any atom is -0.380 e. The van der Waals surface area contributed by atoms with Crippen molar-refractivity contribution in [2.75, 3.05) is 16.8 Å². The highest BCUT2D eigenvalue weighted by atomic mass is 35.5. The van der Waals surface area contributed by atoms with E-state index in [9.17, 15) is 18.0 Å². The van der Waals surface area contributed by atoms with Gasteiger partial charge in [0.15, 0.2) is 0 Å². The van der Waals surface area contributed by atoms with Crippen LogP contribution in [-0.2, 0) is 6.54 Å². The summed E-state index contributed by atoms with van der Waals surface area (Å²) in [6.07, 6.45) is -1.48. The first-order valence-electron chi connectivity index (χ1n) is 6.03. The van der Waals surface area contributed by atoms with Crippen molar-refractivity contribution in [2.45, 2.75) is 31.6 Å². The second-order valence-corrected chi connectivity index (χ2v) is 6.08. The second-order valence-electron chi connectivity index (χ2n) is 4.48. The number of thioether (sulfide) groups is 1. The summed E-state index contributed by atoms with van der Waals surface area (Å²) in [5, 5.41) is 6.35. The van der Waals surface area contributed by atoms with Gasteiger partial charge in [-0.15, -0.1) is 0 Å². The Kier molecular flexibility index (Phi) is 4.85. The minimum atomic E-state index is -4.50. The Balaban J connectivity index is 2.15. The smallest absolute Gasteiger partial charge is 0.380 e. The second kappa shape index (κ2) is 6.26. The van der Waals surface area contributed by atoms with Crippen LogP contribution in [0.4, 0.5) is 18.9 Å². The highest BCUT2D eigenvalue weighted by Gasteiger charge is 2.30. The van der Waals surface area contributed by atoms with Gasteiger partial charge in [0.25, 0.3) is 5.56 Å². The molecule has 1 aromatic heterocycles. The molecule has 1 N–H and O–H groups in total. The van der Waals surface area contributed by atoms with Crippen LogP contribution in [0.2, 0.25) is 5.02 Å². The van der Waals surface area contributed by atoms with Crippen LogP contribution in [0.5, 0.6) is 0 Å². The molecule has 1 fully saturated rings. The summed E-state index contributed by atoms with van der Waals surface area (Å²) in [5.41, 5.74) is -0.633. The van der Waals surface area contributed by atoms with E-state index in [1.807, 2.05) is 11.8 Å². The van der Waals surface area contributed by atoms with Crippen molar-refractivity contribution in [1.29, 1.82) is 0 Å². The summed E-state index contributed by atoms with van der Waals surface area (Å²) in [5.74, 6) is 2.02. The number of halogens is 4. The molecule has 0 spiro atoms. The highest BCUT2D eigenvalue weighted by molar-refractivity contribution is 7.99. The maximum atomic E-state index is 12.3. The third-order valence-corrected chi connectivity index (χ3v) is 4.31. The maximum Gasteiger partial charge on any atom is 0.408 e. The van der Waals surface area contributed by atoms with E-state index in [1.165, 1.54) is 6.20 Å². The Labute approximate surface area is 122 Å². The van der Waals surface area contributed by atoms with Crippen molar-refractivity contribution in [2.24, 2.45) is 0 Å². The first-order chi connectivity index (χ1) is 9.37. The van der Waals surface area contributed by atoms with Crippen LogP contribution in [0, 0.1) is 0 Å². The molecule has 1 saturated heterocycles. The van der Waals surface area contributed by atoms with Crippen LogP contribution in [-0.4, -0.2) is 33.5 Å². The average molecular weight is 328 g/mol. The van der Waals surface area contributed by atoms with Gasteiger partial charge in [0.2, 0.25) is 0 Å². The molecule has 1 aliphatic heterocycles. The highest BCUT2D eigenvalue weighted by Crippen LogP contribution is 2.24. The standard InChI is InChI=1S/C11H13ClF3N3OS/c12-9-8(17-7-1-3-20-4-2-7)5-16-18(10(9)19)6-11(13,14)15/h5,7,17H,1-4,6H2. The van der Waals surface area contributed by atoms with E-state index in [0.29, 0.717) is 10.4 Å².